The molecule has 0 aliphatic heterocycles. The third-order valence-corrected chi connectivity index (χ3v) is 6.17. The third kappa shape index (κ3) is 5.91. The Morgan fingerprint density at radius 1 is 1.00 bits per heavy atom. The van der Waals surface area contributed by atoms with E-state index in [4.69, 9.17) is 27.9 Å². The predicted molar refractivity (Wildman–Crippen MR) is 131 cm³/mol. The summed E-state index contributed by atoms with van der Waals surface area (Å²) in [6.07, 6.45) is 1.78. The number of benzene rings is 3. The average molecular weight is 483 g/mol. The molecule has 0 aliphatic rings. The van der Waals surface area contributed by atoms with Crippen LogP contribution in [0, 0.1) is 6.92 Å². The zero-order chi connectivity index (χ0) is 22.3. The fourth-order valence-corrected chi connectivity index (χ4v) is 4.21. The van der Waals surface area contributed by atoms with Crippen molar-refractivity contribution in [1.82, 2.24) is 14.9 Å². The van der Waals surface area contributed by atoms with Gasteiger partial charge < -0.3 is 4.74 Å². The molecule has 0 bridgehead atoms. The van der Waals surface area contributed by atoms with Crippen molar-refractivity contribution in [3.8, 4) is 5.75 Å². The number of ether oxygens (including phenoxy) is 1. The number of nitrogens with zero attached hydrogens (tertiary/aromatic N) is 4. The Hall–Kier alpha value is -2.80. The molecule has 0 spiro atoms. The minimum Gasteiger partial charge on any atom is -0.489 e. The fraction of sp³-hybridized carbons (Fsp3) is 0.125. The third-order valence-electron chi connectivity index (χ3n) is 4.59. The van der Waals surface area contributed by atoms with Crippen LogP contribution in [-0.4, -0.2) is 21.1 Å². The normalized spacial score (nSPS) is 11.2. The van der Waals surface area contributed by atoms with E-state index in [0.29, 0.717) is 16.7 Å². The molecule has 0 unspecified atom stereocenters. The summed E-state index contributed by atoms with van der Waals surface area (Å²) in [7, 11) is 0. The molecule has 0 atom stereocenters. The van der Waals surface area contributed by atoms with E-state index in [2.05, 4.69) is 27.4 Å². The van der Waals surface area contributed by atoms with Gasteiger partial charge in [0.1, 0.15) is 12.4 Å². The zero-order valence-corrected chi connectivity index (χ0v) is 19.6. The second-order valence-corrected chi connectivity index (χ2v) is 8.74. The Bertz CT molecular complexity index is 1210. The van der Waals surface area contributed by atoms with Crippen molar-refractivity contribution >= 4 is 41.2 Å². The molecule has 0 radical (unpaired) electrons. The maximum atomic E-state index is 6.20. The summed E-state index contributed by atoms with van der Waals surface area (Å²) in [5.41, 5.74) is 3.04. The SMILES string of the molecule is Cc1nnc(SCc2ccccc2)n1/N=C/c1ccc(OCc2ccc(Cl)cc2Cl)cc1. The summed E-state index contributed by atoms with van der Waals surface area (Å²) in [4.78, 5) is 0. The van der Waals surface area contributed by atoms with Crippen LogP contribution in [0.25, 0.3) is 0 Å². The quantitative estimate of drug-likeness (QED) is 0.208. The van der Waals surface area contributed by atoms with Crippen LogP contribution >= 0.6 is 35.0 Å². The summed E-state index contributed by atoms with van der Waals surface area (Å²) >= 11 is 13.7. The molecular formula is C24H20Cl2N4OS. The minimum absolute atomic E-state index is 0.366. The van der Waals surface area contributed by atoms with Crippen molar-refractivity contribution in [1.29, 1.82) is 0 Å². The van der Waals surface area contributed by atoms with Crippen molar-refractivity contribution in [2.75, 3.05) is 0 Å². The summed E-state index contributed by atoms with van der Waals surface area (Å²) in [6.45, 7) is 2.25. The zero-order valence-electron chi connectivity index (χ0n) is 17.3. The van der Waals surface area contributed by atoms with Gasteiger partial charge in [-0.1, -0.05) is 71.4 Å². The number of halogens is 2. The highest BCUT2D eigenvalue weighted by Crippen LogP contribution is 2.23. The molecule has 0 saturated heterocycles. The van der Waals surface area contributed by atoms with Crippen LogP contribution in [0.5, 0.6) is 5.75 Å². The van der Waals surface area contributed by atoms with E-state index >= 15 is 0 Å². The van der Waals surface area contributed by atoms with Crippen molar-refractivity contribution in [3.63, 3.8) is 0 Å². The lowest BCUT2D eigenvalue weighted by Gasteiger charge is -2.08. The lowest BCUT2D eigenvalue weighted by atomic mass is 10.2. The van der Waals surface area contributed by atoms with Gasteiger partial charge >= 0.3 is 0 Å². The fourth-order valence-electron chi connectivity index (χ4n) is 2.86. The highest BCUT2D eigenvalue weighted by atomic mass is 35.5. The maximum Gasteiger partial charge on any atom is 0.212 e. The Balaban J connectivity index is 1.38. The second-order valence-electron chi connectivity index (χ2n) is 6.95. The van der Waals surface area contributed by atoms with Crippen LogP contribution in [-0.2, 0) is 12.4 Å². The van der Waals surface area contributed by atoms with E-state index in [9.17, 15) is 0 Å². The van der Waals surface area contributed by atoms with Crippen LogP contribution < -0.4 is 4.74 Å². The van der Waals surface area contributed by atoms with Crippen LogP contribution in [0.15, 0.2) is 83.1 Å². The van der Waals surface area contributed by atoms with E-state index < -0.39 is 0 Å². The molecule has 1 aromatic heterocycles. The van der Waals surface area contributed by atoms with Gasteiger partial charge in [-0.25, -0.2) is 0 Å². The van der Waals surface area contributed by atoms with Gasteiger partial charge in [0.05, 0.1) is 6.21 Å². The van der Waals surface area contributed by atoms with Gasteiger partial charge in [-0.3, -0.25) is 0 Å². The van der Waals surface area contributed by atoms with Crippen molar-refractivity contribution in [2.45, 2.75) is 24.4 Å². The molecule has 32 heavy (non-hydrogen) atoms. The molecule has 162 valence electrons. The minimum atomic E-state index is 0.366. The first-order valence-electron chi connectivity index (χ1n) is 9.88. The Kier molecular flexibility index (Phi) is 7.47. The standard InChI is InChI=1S/C24H20Cl2N4OS/c1-17-28-29-24(32-16-19-5-3-2-4-6-19)30(17)27-14-18-7-11-22(12-8-18)31-15-20-9-10-21(25)13-23(20)26/h2-14H,15-16H2,1H3/b27-14+. The van der Waals surface area contributed by atoms with Gasteiger partial charge in [0.25, 0.3) is 0 Å². The smallest absolute Gasteiger partial charge is 0.212 e. The molecule has 8 heteroatoms. The van der Waals surface area contributed by atoms with Crippen molar-refractivity contribution in [3.05, 3.63) is 105 Å². The Labute approximate surface area is 201 Å². The van der Waals surface area contributed by atoms with Crippen LogP contribution in [0.3, 0.4) is 0 Å². The van der Waals surface area contributed by atoms with Crippen LogP contribution in [0.2, 0.25) is 10.0 Å². The van der Waals surface area contributed by atoms with Crippen LogP contribution in [0.4, 0.5) is 0 Å². The van der Waals surface area contributed by atoms with Gasteiger partial charge in [0, 0.05) is 21.4 Å². The number of rotatable bonds is 8. The van der Waals surface area contributed by atoms with E-state index in [-0.39, 0.29) is 0 Å². The van der Waals surface area contributed by atoms with Gasteiger partial charge in [0.2, 0.25) is 5.16 Å². The lowest BCUT2D eigenvalue weighted by molar-refractivity contribution is 0.306. The maximum absolute atomic E-state index is 6.20. The van der Waals surface area contributed by atoms with Gasteiger partial charge in [0.15, 0.2) is 5.82 Å². The first kappa shape index (κ1) is 22.4. The second kappa shape index (κ2) is 10.7. The van der Waals surface area contributed by atoms with Crippen molar-refractivity contribution in [2.24, 2.45) is 5.10 Å². The molecule has 0 N–H and O–H groups in total. The van der Waals surface area contributed by atoms with Crippen molar-refractivity contribution < 1.29 is 4.74 Å². The molecule has 3 aromatic carbocycles. The summed E-state index contributed by atoms with van der Waals surface area (Å²) in [6, 6.07) is 23.3. The molecule has 0 aliphatic carbocycles. The number of hydrogen-bond acceptors (Lipinski definition) is 5. The summed E-state index contributed by atoms with van der Waals surface area (Å²) in [5.74, 6) is 2.28. The van der Waals surface area contributed by atoms with E-state index in [1.807, 2.05) is 55.5 Å². The van der Waals surface area contributed by atoms with Gasteiger partial charge in [-0.15, -0.1) is 10.2 Å². The number of aromatic nitrogens is 3. The predicted octanol–water partition coefficient (Wildman–Crippen LogP) is 6.65. The number of thioether (sulfide) groups is 1. The Morgan fingerprint density at radius 2 is 1.78 bits per heavy atom. The number of aryl methyl sites for hydroxylation is 1. The van der Waals surface area contributed by atoms with Crippen LogP contribution in [0.1, 0.15) is 22.5 Å². The molecule has 1 heterocycles. The van der Waals surface area contributed by atoms with Gasteiger partial charge in [-0.2, -0.15) is 9.78 Å². The Morgan fingerprint density at radius 3 is 2.53 bits per heavy atom. The highest BCUT2D eigenvalue weighted by Gasteiger charge is 2.09. The molecule has 0 amide bonds. The number of hydrogen-bond donors (Lipinski definition) is 0. The first-order chi connectivity index (χ1) is 15.6. The van der Waals surface area contributed by atoms with Gasteiger partial charge in [-0.05, 0) is 54.4 Å². The highest BCUT2D eigenvalue weighted by molar-refractivity contribution is 7.98. The summed E-state index contributed by atoms with van der Waals surface area (Å²) in [5, 5.41) is 14.9. The molecular weight excluding hydrogens is 463 g/mol. The molecule has 0 saturated carbocycles. The van der Waals surface area contributed by atoms with E-state index in [1.165, 1.54) is 5.56 Å². The first-order valence-corrected chi connectivity index (χ1v) is 11.6. The van der Waals surface area contributed by atoms with E-state index in [0.717, 1.165) is 33.6 Å². The molecule has 4 aromatic rings. The average Bonchev–Trinajstić information content (AvgIpc) is 3.16. The largest absolute Gasteiger partial charge is 0.489 e. The molecule has 5 nitrogen and oxygen atoms in total. The topological polar surface area (TPSA) is 52.3 Å². The summed E-state index contributed by atoms with van der Waals surface area (Å²) < 4.78 is 7.58. The molecule has 0 fully saturated rings. The lowest BCUT2D eigenvalue weighted by Crippen LogP contribution is -1.98. The monoisotopic (exact) mass is 482 g/mol. The van der Waals surface area contributed by atoms with E-state index in [1.54, 1.807) is 34.8 Å². The molecule has 4 rings (SSSR count).